The SMILES string of the molecule is Cn1cc(N(C(=O)/C=C/Cl)C(=O)c2cc(NC(=O)c3cc(NC=O)cn3C)cn2C)cc1C(=O)NCCC(=N)N. The van der Waals surface area contributed by atoms with Crippen molar-refractivity contribution in [3.8, 4) is 0 Å². The van der Waals surface area contributed by atoms with Crippen LogP contribution in [0.1, 0.15) is 37.9 Å². The third-order valence-corrected chi connectivity index (χ3v) is 5.86. The Hall–Kier alpha value is -5.11. The first-order valence-corrected chi connectivity index (χ1v) is 12.2. The summed E-state index contributed by atoms with van der Waals surface area (Å²) in [5.74, 6) is -2.57. The molecule has 5 amide bonds. The highest BCUT2D eigenvalue weighted by molar-refractivity contribution is 6.30. The van der Waals surface area contributed by atoms with Crippen molar-refractivity contribution < 1.29 is 24.0 Å². The van der Waals surface area contributed by atoms with Crippen LogP contribution in [0.4, 0.5) is 17.1 Å². The predicted octanol–water partition coefficient (Wildman–Crippen LogP) is 1.50. The molecule has 14 nitrogen and oxygen atoms in total. The van der Waals surface area contributed by atoms with E-state index >= 15 is 0 Å². The van der Waals surface area contributed by atoms with Crippen molar-refractivity contribution in [2.75, 3.05) is 22.1 Å². The number of nitrogens with zero attached hydrogens (tertiary/aromatic N) is 4. The summed E-state index contributed by atoms with van der Waals surface area (Å²) in [5.41, 5.74) is 7.56. The Morgan fingerprint density at radius 1 is 0.950 bits per heavy atom. The standard InChI is InChI=1S/C25H28ClN9O5/c1-32-11-15(30-14-36)8-18(32)24(39)31-16-9-20(33(2)12-16)25(40)35(22(37)4-6-26)17-10-19(34(3)13-17)23(38)29-7-5-21(27)28/h4,6,8-14H,5,7H2,1-3H3,(H3,27,28)(H,29,38)(H,30,36)(H,31,39)/b6-4+. The largest absolute Gasteiger partial charge is 0.388 e. The number of carbonyl (C=O) groups excluding carboxylic acids is 5. The van der Waals surface area contributed by atoms with Gasteiger partial charge in [0.2, 0.25) is 6.41 Å². The van der Waals surface area contributed by atoms with Gasteiger partial charge in [0.15, 0.2) is 0 Å². The molecule has 0 fully saturated rings. The van der Waals surface area contributed by atoms with Gasteiger partial charge >= 0.3 is 0 Å². The van der Waals surface area contributed by atoms with Crippen LogP contribution in [0.3, 0.4) is 0 Å². The van der Waals surface area contributed by atoms with Crippen LogP contribution in [0.15, 0.2) is 48.4 Å². The van der Waals surface area contributed by atoms with Crippen molar-refractivity contribution in [1.82, 2.24) is 19.0 Å². The minimum absolute atomic E-state index is 0.0538. The molecule has 3 heterocycles. The summed E-state index contributed by atoms with van der Waals surface area (Å²) >= 11 is 5.62. The molecule has 3 aromatic heterocycles. The number of imide groups is 1. The highest BCUT2D eigenvalue weighted by Crippen LogP contribution is 2.24. The number of hydrogen-bond acceptors (Lipinski definition) is 6. The molecule has 3 rings (SSSR count). The van der Waals surface area contributed by atoms with Gasteiger partial charge < -0.3 is 35.4 Å². The van der Waals surface area contributed by atoms with Gasteiger partial charge in [0, 0.05) is 64.3 Å². The van der Waals surface area contributed by atoms with Crippen LogP contribution < -0.4 is 26.6 Å². The molecule has 0 radical (unpaired) electrons. The maximum absolute atomic E-state index is 13.6. The number of halogens is 1. The highest BCUT2D eigenvalue weighted by atomic mass is 35.5. The van der Waals surface area contributed by atoms with E-state index in [4.69, 9.17) is 22.7 Å². The van der Waals surface area contributed by atoms with E-state index in [0.29, 0.717) is 12.1 Å². The van der Waals surface area contributed by atoms with Gasteiger partial charge in [-0.3, -0.25) is 29.4 Å². The molecule has 0 saturated heterocycles. The van der Waals surface area contributed by atoms with Crippen LogP contribution in [0.2, 0.25) is 0 Å². The van der Waals surface area contributed by atoms with Crippen molar-refractivity contribution in [3.05, 3.63) is 65.5 Å². The number of amidine groups is 1. The molecule has 0 aromatic carbocycles. The zero-order valence-electron chi connectivity index (χ0n) is 21.9. The number of rotatable bonds is 11. The number of carbonyl (C=O) groups is 5. The summed E-state index contributed by atoms with van der Waals surface area (Å²) in [6, 6.07) is 4.25. The molecule has 3 aromatic rings. The molecule has 0 unspecified atom stereocenters. The predicted molar refractivity (Wildman–Crippen MR) is 150 cm³/mol. The fourth-order valence-corrected chi connectivity index (χ4v) is 3.97. The smallest absolute Gasteiger partial charge is 0.282 e. The average Bonchev–Trinajstić information content (AvgIpc) is 3.55. The van der Waals surface area contributed by atoms with Crippen molar-refractivity contribution in [1.29, 1.82) is 5.41 Å². The lowest BCUT2D eigenvalue weighted by molar-refractivity contribution is -0.113. The second kappa shape index (κ2) is 12.6. The molecule has 0 saturated carbocycles. The van der Waals surface area contributed by atoms with Gasteiger partial charge in [0.1, 0.15) is 17.1 Å². The highest BCUT2D eigenvalue weighted by Gasteiger charge is 2.28. The lowest BCUT2D eigenvalue weighted by atomic mass is 10.2. The molecule has 210 valence electrons. The van der Waals surface area contributed by atoms with Gasteiger partial charge in [-0.15, -0.1) is 0 Å². The van der Waals surface area contributed by atoms with Crippen molar-refractivity contribution in [2.24, 2.45) is 26.9 Å². The molecule has 0 bridgehead atoms. The molecular formula is C25H28ClN9O5. The minimum Gasteiger partial charge on any atom is -0.388 e. The van der Waals surface area contributed by atoms with E-state index < -0.39 is 23.6 Å². The fraction of sp³-hybridized carbons (Fsp3) is 0.200. The summed E-state index contributed by atoms with van der Waals surface area (Å²) in [6.45, 7) is 0.140. The van der Waals surface area contributed by atoms with E-state index in [1.54, 1.807) is 27.3 Å². The van der Waals surface area contributed by atoms with Gasteiger partial charge in [-0.2, -0.15) is 0 Å². The number of nitrogens with two attached hydrogens (primary N) is 1. The van der Waals surface area contributed by atoms with Crippen molar-refractivity contribution in [3.63, 3.8) is 0 Å². The summed E-state index contributed by atoms with van der Waals surface area (Å²) in [7, 11) is 4.77. The van der Waals surface area contributed by atoms with Crippen molar-refractivity contribution >= 4 is 64.5 Å². The molecular weight excluding hydrogens is 542 g/mol. The van der Waals surface area contributed by atoms with Crippen LogP contribution in [0, 0.1) is 5.41 Å². The molecule has 40 heavy (non-hydrogen) atoms. The molecule has 0 spiro atoms. The topological polar surface area (TPSA) is 189 Å². The number of aromatic nitrogens is 3. The molecule has 0 aliphatic carbocycles. The summed E-state index contributed by atoms with van der Waals surface area (Å²) in [6.07, 6.45) is 6.15. The van der Waals surface area contributed by atoms with E-state index in [1.807, 2.05) is 0 Å². The van der Waals surface area contributed by atoms with E-state index in [-0.39, 0.29) is 47.3 Å². The Morgan fingerprint density at radius 2 is 1.55 bits per heavy atom. The lowest BCUT2D eigenvalue weighted by Gasteiger charge is -2.18. The number of aryl methyl sites for hydroxylation is 3. The fourth-order valence-electron chi connectivity index (χ4n) is 3.86. The zero-order valence-corrected chi connectivity index (χ0v) is 22.7. The normalized spacial score (nSPS) is 10.8. The van der Waals surface area contributed by atoms with Gasteiger partial charge in [0.05, 0.1) is 22.9 Å². The third kappa shape index (κ3) is 6.66. The quantitative estimate of drug-likeness (QED) is 0.101. The molecule has 0 aliphatic rings. The minimum atomic E-state index is -0.764. The monoisotopic (exact) mass is 569 g/mol. The number of anilines is 3. The van der Waals surface area contributed by atoms with Crippen molar-refractivity contribution in [2.45, 2.75) is 6.42 Å². The van der Waals surface area contributed by atoms with Crippen LogP contribution in [-0.4, -0.2) is 56.1 Å². The van der Waals surface area contributed by atoms with E-state index in [2.05, 4.69) is 16.0 Å². The first-order chi connectivity index (χ1) is 19.0. The van der Waals surface area contributed by atoms with E-state index in [1.165, 1.54) is 44.3 Å². The Balaban J connectivity index is 1.88. The summed E-state index contributed by atoms with van der Waals surface area (Å²) < 4.78 is 4.41. The van der Waals surface area contributed by atoms with Crippen LogP contribution in [0.5, 0.6) is 0 Å². The molecule has 15 heteroatoms. The Morgan fingerprint density at radius 3 is 2.20 bits per heavy atom. The van der Waals surface area contributed by atoms with Crippen LogP contribution >= 0.6 is 11.6 Å². The Bertz CT molecular complexity index is 1510. The zero-order chi connectivity index (χ0) is 29.6. The van der Waals surface area contributed by atoms with Crippen LogP contribution in [-0.2, 0) is 30.7 Å². The molecule has 0 aliphatic heterocycles. The Labute approximate surface area is 233 Å². The number of amides is 5. The number of hydrogen-bond donors (Lipinski definition) is 5. The van der Waals surface area contributed by atoms with Gasteiger partial charge in [-0.1, -0.05) is 11.6 Å². The van der Waals surface area contributed by atoms with Gasteiger partial charge in [-0.25, -0.2) is 4.90 Å². The first-order valence-electron chi connectivity index (χ1n) is 11.7. The first kappa shape index (κ1) is 29.4. The third-order valence-electron chi connectivity index (χ3n) is 5.74. The van der Waals surface area contributed by atoms with Gasteiger partial charge in [0.25, 0.3) is 23.6 Å². The molecule has 6 N–H and O–H groups in total. The van der Waals surface area contributed by atoms with Crippen LogP contribution in [0.25, 0.3) is 0 Å². The Kier molecular flexibility index (Phi) is 9.29. The van der Waals surface area contributed by atoms with E-state index in [9.17, 15) is 24.0 Å². The summed E-state index contributed by atoms with van der Waals surface area (Å²) in [4.78, 5) is 63.5. The molecule has 0 atom stereocenters. The maximum atomic E-state index is 13.6. The number of nitrogens with one attached hydrogen (secondary N) is 4. The second-order valence-corrected chi connectivity index (χ2v) is 8.92. The van der Waals surface area contributed by atoms with E-state index in [0.717, 1.165) is 16.5 Å². The second-order valence-electron chi connectivity index (χ2n) is 8.66. The summed E-state index contributed by atoms with van der Waals surface area (Å²) in [5, 5.41) is 15.1. The maximum Gasteiger partial charge on any atom is 0.282 e. The van der Waals surface area contributed by atoms with Gasteiger partial charge in [-0.05, 0) is 18.2 Å². The lowest BCUT2D eigenvalue weighted by Crippen LogP contribution is -2.36. The average molecular weight is 570 g/mol.